The van der Waals surface area contributed by atoms with Crippen LogP contribution in [0.2, 0.25) is 0 Å². The van der Waals surface area contributed by atoms with Crippen LogP contribution in [0.25, 0.3) is 0 Å². The van der Waals surface area contributed by atoms with Crippen molar-refractivity contribution in [2.75, 3.05) is 5.73 Å². The molecule has 1 saturated carbocycles. The third kappa shape index (κ3) is 2.34. The van der Waals surface area contributed by atoms with Gasteiger partial charge in [-0.2, -0.15) is 0 Å². The summed E-state index contributed by atoms with van der Waals surface area (Å²) in [5.74, 6) is 0.698. The second-order valence-electron chi connectivity index (χ2n) is 5.65. The van der Waals surface area contributed by atoms with Gasteiger partial charge in [-0.15, -0.1) is 0 Å². The van der Waals surface area contributed by atoms with Gasteiger partial charge in [0.1, 0.15) is 0 Å². The molecule has 3 rings (SSSR count). The van der Waals surface area contributed by atoms with Crippen LogP contribution >= 0.6 is 0 Å². The Morgan fingerprint density at radius 3 is 2.50 bits per heavy atom. The minimum atomic E-state index is 0.0536. The number of aryl methyl sites for hydroxylation is 1. The maximum absolute atomic E-state index is 12.5. The second-order valence-corrected chi connectivity index (χ2v) is 5.65. The van der Waals surface area contributed by atoms with Gasteiger partial charge in [-0.25, -0.2) is 0 Å². The molecule has 0 bridgehead atoms. The Morgan fingerprint density at radius 2 is 1.85 bits per heavy atom. The van der Waals surface area contributed by atoms with Gasteiger partial charge in [0.05, 0.1) is 0 Å². The van der Waals surface area contributed by atoms with E-state index in [1.165, 1.54) is 24.8 Å². The average molecular weight is 265 g/mol. The molecule has 0 aromatic heterocycles. The molecule has 0 amide bonds. The lowest BCUT2D eigenvalue weighted by Gasteiger charge is -2.26. The van der Waals surface area contributed by atoms with Gasteiger partial charge >= 0.3 is 0 Å². The molecule has 1 aliphatic carbocycles. The van der Waals surface area contributed by atoms with E-state index in [1.807, 2.05) is 37.3 Å². The molecular formula is C18H19NO. The summed E-state index contributed by atoms with van der Waals surface area (Å²) in [6.07, 6.45) is 3.79. The quantitative estimate of drug-likeness (QED) is 0.671. The fraction of sp³-hybridized carbons (Fsp3) is 0.278. The Bertz CT molecular complexity index is 656. The molecule has 0 radical (unpaired) electrons. The van der Waals surface area contributed by atoms with E-state index in [1.54, 1.807) is 6.07 Å². The highest BCUT2D eigenvalue weighted by Crippen LogP contribution is 2.36. The van der Waals surface area contributed by atoms with Gasteiger partial charge in [0.25, 0.3) is 0 Å². The zero-order valence-corrected chi connectivity index (χ0v) is 11.7. The van der Waals surface area contributed by atoms with E-state index in [-0.39, 0.29) is 5.78 Å². The van der Waals surface area contributed by atoms with E-state index in [0.29, 0.717) is 17.2 Å². The van der Waals surface area contributed by atoms with E-state index >= 15 is 0 Å². The van der Waals surface area contributed by atoms with Crippen molar-refractivity contribution in [3.63, 3.8) is 0 Å². The number of hydrogen-bond donors (Lipinski definition) is 1. The SMILES string of the molecule is Cc1ccc(C(=O)c2cccc(C3CCC3)c2)cc1N. The zero-order valence-electron chi connectivity index (χ0n) is 11.7. The lowest BCUT2D eigenvalue weighted by Crippen LogP contribution is -2.10. The van der Waals surface area contributed by atoms with Crippen LogP contribution in [0.15, 0.2) is 42.5 Å². The van der Waals surface area contributed by atoms with Crippen molar-refractivity contribution >= 4 is 11.5 Å². The Kier molecular flexibility index (Phi) is 3.31. The standard InChI is InChI=1S/C18H19NO/c1-12-8-9-16(11-17(12)19)18(20)15-7-3-6-14(10-15)13-4-2-5-13/h3,6-11,13H,2,4-5,19H2,1H3. The summed E-state index contributed by atoms with van der Waals surface area (Å²) >= 11 is 0. The summed E-state index contributed by atoms with van der Waals surface area (Å²) in [6.45, 7) is 1.95. The molecule has 2 N–H and O–H groups in total. The van der Waals surface area contributed by atoms with Gasteiger partial charge in [0, 0.05) is 16.8 Å². The number of nitrogen functional groups attached to an aromatic ring is 1. The van der Waals surface area contributed by atoms with Crippen molar-refractivity contribution in [3.8, 4) is 0 Å². The lowest BCUT2D eigenvalue weighted by atomic mass is 9.79. The first kappa shape index (κ1) is 12.9. The molecule has 2 aromatic rings. The van der Waals surface area contributed by atoms with Crippen LogP contribution in [0, 0.1) is 6.92 Å². The van der Waals surface area contributed by atoms with Crippen LogP contribution in [0.1, 0.15) is 52.2 Å². The number of rotatable bonds is 3. The molecule has 2 heteroatoms. The van der Waals surface area contributed by atoms with Crippen LogP contribution in [-0.2, 0) is 0 Å². The molecule has 0 saturated heterocycles. The number of nitrogens with two attached hydrogens (primary N) is 1. The monoisotopic (exact) mass is 265 g/mol. The molecule has 0 spiro atoms. The molecular weight excluding hydrogens is 246 g/mol. The number of ketones is 1. The van der Waals surface area contributed by atoms with E-state index in [0.717, 1.165) is 11.1 Å². The van der Waals surface area contributed by atoms with E-state index in [2.05, 4.69) is 6.07 Å². The highest BCUT2D eigenvalue weighted by Gasteiger charge is 2.20. The van der Waals surface area contributed by atoms with Crippen molar-refractivity contribution in [3.05, 3.63) is 64.7 Å². The topological polar surface area (TPSA) is 43.1 Å². The number of carbonyl (C=O) groups excluding carboxylic acids is 1. The van der Waals surface area contributed by atoms with Crippen molar-refractivity contribution in [1.29, 1.82) is 0 Å². The van der Waals surface area contributed by atoms with Gasteiger partial charge in [0.15, 0.2) is 5.78 Å². The third-order valence-corrected chi connectivity index (χ3v) is 4.27. The molecule has 0 unspecified atom stereocenters. The molecule has 20 heavy (non-hydrogen) atoms. The first-order valence-electron chi connectivity index (χ1n) is 7.16. The summed E-state index contributed by atoms with van der Waals surface area (Å²) in [7, 11) is 0. The molecule has 1 fully saturated rings. The maximum atomic E-state index is 12.5. The average Bonchev–Trinajstić information content (AvgIpc) is 2.39. The summed E-state index contributed by atoms with van der Waals surface area (Å²) in [4.78, 5) is 12.5. The van der Waals surface area contributed by atoms with Crippen LogP contribution in [-0.4, -0.2) is 5.78 Å². The van der Waals surface area contributed by atoms with E-state index in [9.17, 15) is 4.79 Å². The highest BCUT2D eigenvalue weighted by molar-refractivity contribution is 6.09. The van der Waals surface area contributed by atoms with Crippen LogP contribution in [0.5, 0.6) is 0 Å². The summed E-state index contributed by atoms with van der Waals surface area (Å²) < 4.78 is 0. The maximum Gasteiger partial charge on any atom is 0.193 e. The summed E-state index contributed by atoms with van der Waals surface area (Å²) in [5.41, 5.74) is 10.3. The predicted molar refractivity (Wildman–Crippen MR) is 82.1 cm³/mol. The third-order valence-electron chi connectivity index (χ3n) is 4.27. The van der Waals surface area contributed by atoms with E-state index < -0.39 is 0 Å². The van der Waals surface area contributed by atoms with Gasteiger partial charge in [-0.1, -0.05) is 36.8 Å². The Hall–Kier alpha value is -2.09. The molecule has 2 aromatic carbocycles. The smallest absolute Gasteiger partial charge is 0.193 e. The van der Waals surface area contributed by atoms with Crippen molar-refractivity contribution in [2.24, 2.45) is 0 Å². The fourth-order valence-electron chi connectivity index (χ4n) is 2.62. The van der Waals surface area contributed by atoms with Crippen molar-refractivity contribution < 1.29 is 4.79 Å². The zero-order chi connectivity index (χ0) is 14.1. The molecule has 2 nitrogen and oxygen atoms in total. The minimum absolute atomic E-state index is 0.0536. The fourth-order valence-corrected chi connectivity index (χ4v) is 2.62. The first-order chi connectivity index (χ1) is 9.65. The van der Waals surface area contributed by atoms with Gasteiger partial charge < -0.3 is 5.73 Å². The van der Waals surface area contributed by atoms with Gasteiger partial charge in [-0.05, 0) is 48.9 Å². The Labute approximate surface area is 119 Å². The van der Waals surface area contributed by atoms with E-state index in [4.69, 9.17) is 5.73 Å². The molecule has 0 aliphatic heterocycles. The van der Waals surface area contributed by atoms with Crippen molar-refractivity contribution in [2.45, 2.75) is 32.1 Å². The Balaban J connectivity index is 1.91. The number of hydrogen-bond acceptors (Lipinski definition) is 2. The highest BCUT2D eigenvalue weighted by atomic mass is 16.1. The number of carbonyl (C=O) groups is 1. The number of benzene rings is 2. The lowest BCUT2D eigenvalue weighted by molar-refractivity contribution is 0.103. The molecule has 1 aliphatic rings. The first-order valence-corrected chi connectivity index (χ1v) is 7.16. The van der Waals surface area contributed by atoms with Crippen LogP contribution in [0.4, 0.5) is 5.69 Å². The normalized spacial score (nSPS) is 14.8. The molecule has 0 heterocycles. The number of anilines is 1. The largest absolute Gasteiger partial charge is 0.398 e. The minimum Gasteiger partial charge on any atom is -0.398 e. The molecule has 0 atom stereocenters. The van der Waals surface area contributed by atoms with Crippen LogP contribution < -0.4 is 5.73 Å². The Morgan fingerprint density at radius 1 is 1.10 bits per heavy atom. The summed E-state index contributed by atoms with van der Waals surface area (Å²) in [6, 6.07) is 13.6. The van der Waals surface area contributed by atoms with Crippen molar-refractivity contribution in [1.82, 2.24) is 0 Å². The second kappa shape index (κ2) is 5.12. The predicted octanol–water partition coefficient (Wildman–Crippen LogP) is 4.08. The molecule has 102 valence electrons. The summed E-state index contributed by atoms with van der Waals surface area (Å²) in [5, 5.41) is 0. The van der Waals surface area contributed by atoms with Crippen LogP contribution in [0.3, 0.4) is 0 Å². The van der Waals surface area contributed by atoms with Gasteiger partial charge in [-0.3, -0.25) is 4.79 Å². The van der Waals surface area contributed by atoms with Gasteiger partial charge in [0.2, 0.25) is 0 Å².